The van der Waals surface area contributed by atoms with Gasteiger partial charge in [0.15, 0.2) is 12.5 Å². The summed E-state index contributed by atoms with van der Waals surface area (Å²) in [5, 5.41) is 14.9. The first-order valence-electron chi connectivity index (χ1n) is 9.48. The molecule has 0 atom stereocenters. The van der Waals surface area contributed by atoms with E-state index in [4.69, 9.17) is 9.47 Å². The Morgan fingerprint density at radius 1 is 1.31 bits per heavy atom. The van der Waals surface area contributed by atoms with Crippen molar-refractivity contribution in [1.29, 1.82) is 0 Å². The number of nitrogens with zero attached hydrogens (tertiary/aromatic N) is 2. The Balaban J connectivity index is 1.68. The molecule has 0 radical (unpaired) electrons. The molecule has 0 bridgehead atoms. The van der Waals surface area contributed by atoms with Crippen LogP contribution in [0, 0.1) is 5.82 Å². The molecule has 10 nitrogen and oxygen atoms in total. The average molecular weight is 443 g/mol. The second-order valence-corrected chi connectivity index (χ2v) is 6.99. The van der Waals surface area contributed by atoms with Crippen LogP contribution in [0.3, 0.4) is 0 Å². The van der Waals surface area contributed by atoms with E-state index < -0.39 is 23.6 Å². The number of methoxy groups -OCH3 is 1. The molecular formula is C21H18FN3O7. The first kappa shape index (κ1) is 21.2. The molecule has 166 valence electrons. The van der Waals surface area contributed by atoms with Crippen LogP contribution in [0.15, 0.2) is 35.5 Å². The van der Waals surface area contributed by atoms with E-state index >= 15 is 0 Å². The van der Waals surface area contributed by atoms with Crippen molar-refractivity contribution in [2.45, 2.75) is 13.2 Å². The summed E-state index contributed by atoms with van der Waals surface area (Å²) in [4.78, 5) is 37.8. The van der Waals surface area contributed by atoms with Gasteiger partial charge >= 0.3 is 5.97 Å². The topological polar surface area (TPSA) is 127 Å². The lowest BCUT2D eigenvalue weighted by molar-refractivity contribution is -0.139. The van der Waals surface area contributed by atoms with Gasteiger partial charge in [-0.1, -0.05) is 5.16 Å². The third-order valence-corrected chi connectivity index (χ3v) is 5.05. The minimum atomic E-state index is -0.625. The van der Waals surface area contributed by atoms with Gasteiger partial charge in [0.25, 0.3) is 11.8 Å². The minimum absolute atomic E-state index is 0.00989. The number of rotatable bonds is 5. The van der Waals surface area contributed by atoms with E-state index in [2.05, 4.69) is 15.2 Å². The van der Waals surface area contributed by atoms with Gasteiger partial charge in [-0.15, -0.1) is 0 Å². The third kappa shape index (κ3) is 3.85. The second kappa shape index (κ2) is 8.63. The van der Waals surface area contributed by atoms with E-state index in [9.17, 15) is 24.0 Å². The number of oxime groups is 1. The number of benzene rings is 2. The first-order chi connectivity index (χ1) is 15.4. The zero-order chi connectivity index (χ0) is 22.8. The SMILES string of the molecule is COC(=O)CNC(=O)c1ccc2c(c1)N(Cc1cc(F)cc3c1OCOC3)C(=O)/C2=N\O. The van der Waals surface area contributed by atoms with Crippen LogP contribution in [-0.4, -0.2) is 49.2 Å². The minimum Gasteiger partial charge on any atom is -0.468 e. The molecule has 2 aliphatic heterocycles. The van der Waals surface area contributed by atoms with Crippen LogP contribution in [0.5, 0.6) is 5.75 Å². The fourth-order valence-electron chi connectivity index (χ4n) is 3.57. The van der Waals surface area contributed by atoms with Crippen molar-refractivity contribution < 1.29 is 38.2 Å². The number of nitrogens with one attached hydrogen (secondary N) is 1. The van der Waals surface area contributed by atoms with Crippen LogP contribution in [-0.2, 0) is 32.2 Å². The van der Waals surface area contributed by atoms with Crippen molar-refractivity contribution in [2.75, 3.05) is 25.3 Å². The summed E-state index contributed by atoms with van der Waals surface area (Å²) in [5.41, 5.74) is 1.44. The van der Waals surface area contributed by atoms with Gasteiger partial charge in [0.1, 0.15) is 18.1 Å². The van der Waals surface area contributed by atoms with Crippen LogP contribution in [0.2, 0.25) is 0 Å². The Labute approximate surface area is 181 Å². The average Bonchev–Trinajstić information content (AvgIpc) is 3.06. The summed E-state index contributed by atoms with van der Waals surface area (Å²) in [5.74, 6) is -1.92. The Bertz CT molecular complexity index is 1150. The summed E-state index contributed by atoms with van der Waals surface area (Å²) >= 11 is 0. The first-order valence-corrected chi connectivity index (χ1v) is 9.48. The van der Waals surface area contributed by atoms with Crippen LogP contribution < -0.4 is 15.0 Å². The number of anilines is 1. The van der Waals surface area contributed by atoms with E-state index in [0.29, 0.717) is 28.1 Å². The highest BCUT2D eigenvalue weighted by atomic mass is 19.1. The van der Waals surface area contributed by atoms with Crippen LogP contribution >= 0.6 is 0 Å². The molecule has 0 saturated heterocycles. The van der Waals surface area contributed by atoms with Gasteiger partial charge in [0.05, 0.1) is 25.9 Å². The second-order valence-electron chi connectivity index (χ2n) is 6.99. The number of ether oxygens (including phenoxy) is 3. The summed E-state index contributed by atoms with van der Waals surface area (Å²) in [6, 6.07) is 6.85. The number of hydrogen-bond acceptors (Lipinski definition) is 8. The van der Waals surface area contributed by atoms with Crippen molar-refractivity contribution in [1.82, 2.24) is 5.32 Å². The maximum atomic E-state index is 14.1. The number of carbonyl (C=O) groups is 3. The molecule has 2 aromatic rings. The monoisotopic (exact) mass is 443 g/mol. The van der Waals surface area contributed by atoms with Gasteiger partial charge in [-0.3, -0.25) is 14.4 Å². The molecule has 0 unspecified atom stereocenters. The molecule has 2 aromatic carbocycles. The van der Waals surface area contributed by atoms with Crippen LogP contribution in [0.25, 0.3) is 0 Å². The standard InChI is InChI=1S/C21H18FN3O7/c1-30-17(26)7-23-20(27)11-2-3-15-16(6-11)25(21(28)18(15)24-29)8-12-4-14(22)5-13-9-31-10-32-19(12)13/h2-6,29H,7-10H2,1H3,(H,23,27)/b24-18-. The molecule has 2 amide bonds. The van der Waals surface area contributed by atoms with Crippen LogP contribution in [0.4, 0.5) is 10.1 Å². The number of hydrogen-bond donors (Lipinski definition) is 2. The highest BCUT2D eigenvalue weighted by Crippen LogP contribution is 2.36. The molecule has 0 aromatic heterocycles. The lowest BCUT2D eigenvalue weighted by Gasteiger charge is -2.24. The molecule has 11 heteroatoms. The molecule has 32 heavy (non-hydrogen) atoms. The van der Waals surface area contributed by atoms with Crippen molar-refractivity contribution >= 4 is 29.2 Å². The van der Waals surface area contributed by atoms with Gasteiger partial charge < -0.3 is 29.6 Å². The van der Waals surface area contributed by atoms with Gasteiger partial charge in [-0.2, -0.15) is 0 Å². The number of amides is 2. The number of fused-ring (bicyclic) bond motifs is 2. The summed E-state index contributed by atoms with van der Waals surface area (Å²) in [7, 11) is 1.20. The summed E-state index contributed by atoms with van der Waals surface area (Å²) < 4.78 is 29.3. The molecule has 2 heterocycles. The summed E-state index contributed by atoms with van der Waals surface area (Å²) in [6.07, 6.45) is 0. The maximum absolute atomic E-state index is 14.1. The zero-order valence-electron chi connectivity index (χ0n) is 16.9. The third-order valence-electron chi connectivity index (χ3n) is 5.05. The van der Waals surface area contributed by atoms with E-state index in [1.165, 1.54) is 42.3 Å². The fraction of sp³-hybridized carbons (Fsp3) is 0.238. The molecule has 4 rings (SSSR count). The smallest absolute Gasteiger partial charge is 0.325 e. The van der Waals surface area contributed by atoms with Gasteiger partial charge in [0.2, 0.25) is 0 Å². The van der Waals surface area contributed by atoms with Crippen LogP contribution in [0.1, 0.15) is 27.0 Å². The molecule has 0 saturated carbocycles. The summed E-state index contributed by atoms with van der Waals surface area (Å²) in [6.45, 7) is -0.270. The Morgan fingerprint density at radius 2 is 2.12 bits per heavy atom. The molecule has 0 aliphatic carbocycles. The Morgan fingerprint density at radius 3 is 2.88 bits per heavy atom. The predicted octanol–water partition coefficient (Wildman–Crippen LogP) is 1.32. The molecule has 0 spiro atoms. The maximum Gasteiger partial charge on any atom is 0.325 e. The van der Waals surface area contributed by atoms with Crippen molar-refractivity contribution in [2.24, 2.45) is 5.16 Å². The fourth-order valence-corrected chi connectivity index (χ4v) is 3.57. The van der Waals surface area contributed by atoms with Gasteiger partial charge in [0, 0.05) is 22.3 Å². The molecule has 2 aliphatic rings. The predicted molar refractivity (Wildman–Crippen MR) is 107 cm³/mol. The van der Waals surface area contributed by atoms with Gasteiger partial charge in [-0.25, -0.2) is 4.39 Å². The van der Waals surface area contributed by atoms with Crippen molar-refractivity contribution in [3.8, 4) is 5.75 Å². The number of carbonyl (C=O) groups excluding carboxylic acids is 3. The quantitative estimate of drug-likeness (QED) is 0.405. The number of halogens is 1. The normalized spacial score (nSPS) is 15.8. The highest BCUT2D eigenvalue weighted by molar-refractivity contribution is 6.54. The molecule has 0 fully saturated rings. The van der Waals surface area contributed by atoms with Gasteiger partial charge in [-0.05, 0) is 30.3 Å². The van der Waals surface area contributed by atoms with E-state index in [-0.39, 0.29) is 37.8 Å². The van der Waals surface area contributed by atoms with E-state index in [0.717, 1.165) is 0 Å². The van der Waals surface area contributed by atoms with E-state index in [1.54, 1.807) is 0 Å². The lowest BCUT2D eigenvalue weighted by Crippen LogP contribution is -2.31. The van der Waals surface area contributed by atoms with Crippen molar-refractivity contribution in [3.63, 3.8) is 0 Å². The van der Waals surface area contributed by atoms with E-state index in [1.807, 2.05) is 0 Å². The van der Waals surface area contributed by atoms with Crippen molar-refractivity contribution in [3.05, 3.63) is 58.4 Å². The zero-order valence-corrected chi connectivity index (χ0v) is 16.9. The molecule has 2 N–H and O–H groups in total. The Kier molecular flexibility index (Phi) is 5.73. The largest absolute Gasteiger partial charge is 0.468 e. The lowest BCUT2D eigenvalue weighted by atomic mass is 10.1. The number of esters is 1. The molecular weight excluding hydrogens is 425 g/mol. The Hall–Kier alpha value is -3.99. The highest BCUT2D eigenvalue weighted by Gasteiger charge is 2.36.